The Morgan fingerprint density at radius 3 is 0.955 bits per heavy atom. The van der Waals surface area contributed by atoms with Crippen LogP contribution in [0.15, 0.2) is 106 Å². The van der Waals surface area contributed by atoms with Crippen molar-refractivity contribution in [2.45, 2.75) is 14.7 Å². The number of nitrogens with zero attached hydrogens (tertiary/aromatic N) is 1. The Hall–Kier alpha value is -1.33. The molecule has 0 aliphatic carbocycles. The van der Waals surface area contributed by atoms with E-state index in [9.17, 15) is 0 Å². The molecule has 0 fully saturated rings. The Morgan fingerprint density at radius 2 is 0.682 bits per heavy atom. The number of benzene rings is 3. The summed E-state index contributed by atoms with van der Waals surface area (Å²) in [7, 11) is 0. The summed E-state index contributed by atoms with van der Waals surface area (Å²) in [6.45, 7) is 0. The van der Waals surface area contributed by atoms with E-state index in [-0.39, 0.29) is 0 Å². The molecule has 0 saturated heterocycles. The zero-order chi connectivity index (χ0) is 15.0. The van der Waals surface area contributed by atoms with Gasteiger partial charge >= 0.3 is 0 Å². The van der Waals surface area contributed by atoms with Crippen molar-refractivity contribution in [3.05, 3.63) is 91.0 Å². The van der Waals surface area contributed by atoms with Crippen molar-refractivity contribution >= 4 is 35.8 Å². The average molecular weight is 342 g/mol. The average Bonchev–Trinajstić information content (AvgIpc) is 2.57. The predicted molar refractivity (Wildman–Crippen MR) is 98.7 cm³/mol. The van der Waals surface area contributed by atoms with Crippen LogP contribution in [0, 0.1) is 0 Å². The van der Waals surface area contributed by atoms with E-state index in [0.29, 0.717) is 0 Å². The Morgan fingerprint density at radius 1 is 0.409 bits per heavy atom. The second-order valence-electron chi connectivity index (χ2n) is 4.44. The van der Waals surface area contributed by atoms with Crippen molar-refractivity contribution in [1.82, 2.24) is 3.12 Å². The quantitative estimate of drug-likeness (QED) is 0.476. The fourth-order valence-electron chi connectivity index (χ4n) is 1.76. The first kappa shape index (κ1) is 15.6. The zero-order valence-electron chi connectivity index (χ0n) is 11.8. The van der Waals surface area contributed by atoms with Gasteiger partial charge in [-0.2, -0.15) is 0 Å². The summed E-state index contributed by atoms with van der Waals surface area (Å²) in [6, 6.07) is 31.4. The Bertz CT molecular complexity index is 576. The molecule has 0 aromatic heterocycles. The monoisotopic (exact) mass is 341 g/mol. The van der Waals surface area contributed by atoms with Crippen molar-refractivity contribution in [1.29, 1.82) is 0 Å². The highest BCUT2D eigenvalue weighted by Gasteiger charge is 2.11. The van der Waals surface area contributed by atoms with Gasteiger partial charge in [-0.3, -0.25) is 0 Å². The van der Waals surface area contributed by atoms with Crippen LogP contribution < -0.4 is 0 Å². The standard InChI is InChI=1S/C18H15NS3/c1-4-10-16(11-5-1)20-19(21-17-12-6-2-7-13-17)22-18-14-8-3-9-15-18/h1-15H. The maximum absolute atomic E-state index is 2.24. The first-order valence-corrected chi connectivity index (χ1v) is 9.21. The molecule has 0 radical (unpaired) electrons. The summed E-state index contributed by atoms with van der Waals surface area (Å²) in [6.07, 6.45) is 0. The van der Waals surface area contributed by atoms with Crippen LogP contribution in [0.3, 0.4) is 0 Å². The van der Waals surface area contributed by atoms with Gasteiger partial charge in [-0.15, -0.1) is 3.12 Å². The van der Waals surface area contributed by atoms with Gasteiger partial charge in [0, 0.05) is 14.7 Å². The van der Waals surface area contributed by atoms with Gasteiger partial charge in [0.1, 0.15) is 0 Å². The summed E-state index contributed by atoms with van der Waals surface area (Å²) in [5.74, 6) is 0. The molecule has 0 aliphatic heterocycles. The highest BCUT2D eigenvalue weighted by molar-refractivity contribution is 8.25. The molecule has 4 heteroatoms. The third-order valence-corrected chi connectivity index (χ3v) is 6.01. The molecule has 0 saturated carbocycles. The molecule has 22 heavy (non-hydrogen) atoms. The molecule has 110 valence electrons. The molecule has 0 N–H and O–H groups in total. The molecule has 0 amide bonds. The minimum Gasteiger partial charge on any atom is -0.123 e. The predicted octanol–water partition coefficient (Wildman–Crippen LogP) is 6.41. The highest BCUT2D eigenvalue weighted by Crippen LogP contribution is 2.42. The van der Waals surface area contributed by atoms with Gasteiger partial charge < -0.3 is 0 Å². The van der Waals surface area contributed by atoms with Crippen LogP contribution in [0.1, 0.15) is 0 Å². The van der Waals surface area contributed by atoms with E-state index in [1.165, 1.54) is 14.7 Å². The smallest absolute Gasteiger partial charge is 0.0247 e. The molecule has 3 rings (SSSR count). The van der Waals surface area contributed by atoms with Crippen LogP contribution in [0.25, 0.3) is 0 Å². The van der Waals surface area contributed by atoms with Crippen LogP contribution in [0.2, 0.25) is 0 Å². The minimum absolute atomic E-state index is 1.23. The maximum atomic E-state index is 2.24. The van der Waals surface area contributed by atoms with Crippen molar-refractivity contribution < 1.29 is 0 Å². The maximum Gasteiger partial charge on any atom is 0.0247 e. The number of hydrogen-bond donors (Lipinski definition) is 0. The van der Waals surface area contributed by atoms with Gasteiger partial charge in [-0.1, -0.05) is 54.6 Å². The lowest BCUT2D eigenvalue weighted by Gasteiger charge is -2.18. The Balaban J connectivity index is 1.75. The van der Waals surface area contributed by atoms with Crippen LogP contribution in [0.4, 0.5) is 0 Å². The first-order chi connectivity index (χ1) is 10.9. The summed E-state index contributed by atoms with van der Waals surface area (Å²) in [5.41, 5.74) is 0. The van der Waals surface area contributed by atoms with E-state index >= 15 is 0 Å². The number of hydrogen-bond acceptors (Lipinski definition) is 4. The molecular weight excluding hydrogens is 326 g/mol. The molecule has 3 aromatic carbocycles. The summed E-state index contributed by atoms with van der Waals surface area (Å²) >= 11 is 5.21. The van der Waals surface area contributed by atoms with Crippen molar-refractivity contribution in [3.8, 4) is 0 Å². The third-order valence-electron chi connectivity index (χ3n) is 2.77. The van der Waals surface area contributed by atoms with E-state index < -0.39 is 0 Å². The van der Waals surface area contributed by atoms with Crippen LogP contribution >= 0.6 is 35.8 Å². The van der Waals surface area contributed by atoms with Crippen molar-refractivity contribution in [2.75, 3.05) is 0 Å². The lowest BCUT2D eigenvalue weighted by molar-refractivity contribution is 1.22. The molecule has 0 heterocycles. The van der Waals surface area contributed by atoms with E-state index in [1.807, 2.05) is 18.2 Å². The normalized spacial score (nSPS) is 10.8. The van der Waals surface area contributed by atoms with E-state index in [4.69, 9.17) is 0 Å². The Kier molecular flexibility index (Phi) is 5.90. The van der Waals surface area contributed by atoms with Crippen molar-refractivity contribution in [3.63, 3.8) is 0 Å². The van der Waals surface area contributed by atoms with Crippen molar-refractivity contribution in [2.24, 2.45) is 0 Å². The summed E-state index contributed by atoms with van der Waals surface area (Å²) < 4.78 is 2.24. The zero-order valence-corrected chi connectivity index (χ0v) is 14.3. The lowest BCUT2D eigenvalue weighted by Crippen LogP contribution is -1.95. The molecular formula is C18H15NS3. The number of rotatable bonds is 6. The molecule has 0 spiro atoms. The molecule has 1 nitrogen and oxygen atoms in total. The first-order valence-electron chi connectivity index (χ1n) is 6.89. The topological polar surface area (TPSA) is 3.24 Å². The van der Waals surface area contributed by atoms with Gasteiger partial charge in [0.25, 0.3) is 0 Å². The van der Waals surface area contributed by atoms with E-state index in [0.717, 1.165) is 0 Å². The second-order valence-corrected chi connectivity index (χ2v) is 8.19. The fraction of sp³-hybridized carbons (Fsp3) is 0. The van der Waals surface area contributed by atoms with Gasteiger partial charge in [0.15, 0.2) is 0 Å². The third kappa shape index (κ3) is 4.85. The van der Waals surface area contributed by atoms with Gasteiger partial charge in [0.2, 0.25) is 0 Å². The summed E-state index contributed by atoms with van der Waals surface area (Å²) in [5, 5.41) is 0. The fourth-order valence-corrected chi connectivity index (χ4v) is 5.11. The molecule has 0 atom stereocenters. The van der Waals surface area contributed by atoms with E-state index in [1.54, 1.807) is 35.8 Å². The minimum atomic E-state index is 1.23. The van der Waals surface area contributed by atoms with Crippen LogP contribution in [-0.2, 0) is 0 Å². The molecule has 0 unspecified atom stereocenters. The van der Waals surface area contributed by atoms with Crippen LogP contribution in [0.5, 0.6) is 0 Å². The van der Waals surface area contributed by atoms with Crippen LogP contribution in [-0.4, -0.2) is 3.12 Å². The van der Waals surface area contributed by atoms with Gasteiger partial charge in [0.05, 0.1) is 0 Å². The Labute approximate surface area is 144 Å². The summed E-state index contributed by atoms with van der Waals surface area (Å²) in [4.78, 5) is 3.69. The largest absolute Gasteiger partial charge is 0.123 e. The SMILES string of the molecule is c1ccc(SN(Sc2ccccc2)Sc2ccccc2)cc1. The highest BCUT2D eigenvalue weighted by atomic mass is 32.3. The van der Waals surface area contributed by atoms with Gasteiger partial charge in [-0.05, 0) is 72.2 Å². The van der Waals surface area contributed by atoms with Gasteiger partial charge in [-0.25, -0.2) is 0 Å². The lowest BCUT2D eigenvalue weighted by atomic mass is 10.4. The molecule has 0 bridgehead atoms. The van der Waals surface area contributed by atoms with E-state index in [2.05, 4.69) is 75.9 Å². The molecule has 0 aliphatic rings. The second kappa shape index (κ2) is 8.34. The molecule has 3 aromatic rings.